The van der Waals surface area contributed by atoms with Gasteiger partial charge in [-0.25, -0.2) is 9.59 Å². The summed E-state index contributed by atoms with van der Waals surface area (Å²) in [6, 6.07) is 9.90. The van der Waals surface area contributed by atoms with Gasteiger partial charge in [-0.2, -0.15) is 0 Å². The molecule has 0 radical (unpaired) electrons. The molecule has 0 aliphatic rings. The molecule has 0 saturated carbocycles. The highest BCUT2D eigenvalue weighted by molar-refractivity contribution is 6.30. The molecule has 108 valence electrons. The second-order valence-corrected chi connectivity index (χ2v) is 4.45. The number of carbonyl (C=O) groups is 2. The normalized spacial score (nSPS) is 9.95. The molecule has 2 aromatic rings. The van der Waals surface area contributed by atoms with E-state index in [1.54, 1.807) is 18.2 Å². The van der Waals surface area contributed by atoms with Gasteiger partial charge in [0.05, 0.1) is 0 Å². The van der Waals surface area contributed by atoms with Gasteiger partial charge in [0, 0.05) is 16.8 Å². The minimum Gasteiger partial charge on any atom is -0.507 e. The number of anilines is 1. The highest BCUT2D eigenvalue weighted by Gasteiger charge is 2.11. The Morgan fingerprint density at radius 2 is 1.90 bits per heavy atom. The summed E-state index contributed by atoms with van der Waals surface area (Å²) in [5.41, 5.74) is -0.0618. The Morgan fingerprint density at radius 3 is 2.52 bits per heavy atom. The Hall–Kier alpha value is -2.73. The smallest absolute Gasteiger partial charge is 0.417 e. The van der Waals surface area contributed by atoms with Gasteiger partial charge in [-0.15, -0.1) is 0 Å². The largest absolute Gasteiger partial charge is 0.507 e. The molecule has 0 spiro atoms. The van der Waals surface area contributed by atoms with Crippen molar-refractivity contribution in [3.05, 3.63) is 53.1 Å². The lowest BCUT2D eigenvalue weighted by Crippen LogP contribution is -2.16. The van der Waals surface area contributed by atoms with Crippen LogP contribution in [-0.4, -0.2) is 22.3 Å². The number of carbonyl (C=O) groups excluding carboxylic acids is 1. The molecule has 2 aromatic carbocycles. The second kappa shape index (κ2) is 6.15. The summed E-state index contributed by atoms with van der Waals surface area (Å²) < 4.78 is 4.98. The Labute approximate surface area is 124 Å². The number of phenols is 1. The molecule has 7 heteroatoms. The van der Waals surface area contributed by atoms with Crippen LogP contribution >= 0.6 is 11.6 Å². The first-order valence-electron chi connectivity index (χ1n) is 5.76. The van der Waals surface area contributed by atoms with E-state index in [2.05, 4.69) is 5.32 Å². The quantitative estimate of drug-likeness (QED) is 0.808. The van der Waals surface area contributed by atoms with Crippen molar-refractivity contribution >= 4 is 29.4 Å². The SMILES string of the molecule is O=C(Nc1ccc(C(=O)O)c(O)c1)Oc1cccc(Cl)c1. The van der Waals surface area contributed by atoms with Crippen molar-refractivity contribution < 1.29 is 24.5 Å². The molecule has 0 bridgehead atoms. The molecular formula is C14H10ClNO5. The summed E-state index contributed by atoms with van der Waals surface area (Å²) in [6.45, 7) is 0. The fraction of sp³-hybridized carbons (Fsp3) is 0. The van der Waals surface area contributed by atoms with Gasteiger partial charge in [0.15, 0.2) is 0 Å². The molecule has 0 aromatic heterocycles. The average molecular weight is 308 g/mol. The third-order valence-electron chi connectivity index (χ3n) is 2.48. The van der Waals surface area contributed by atoms with Gasteiger partial charge < -0.3 is 14.9 Å². The maximum atomic E-state index is 11.6. The zero-order valence-corrected chi connectivity index (χ0v) is 11.3. The minimum atomic E-state index is -1.26. The summed E-state index contributed by atoms with van der Waals surface area (Å²) in [5, 5.41) is 21.1. The molecular weight excluding hydrogens is 298 g/mol. The van der Waals surface area contributed by atoms with E-state index >= 15 is 0 Å². The van der Waals surface area contributed by atoms with Crippen molar-refractivity contribution in [2.24, 2.45) is 0 Å². The molecule has 21 heavy (non-hydrogen) atoms. The Bertz CT molecular complexity index is 702. The molecule has 1 amide bonds. The average Bonchev–Trinajstić information content (AvgIpc) is 2.38. The van der Waals surface area contributed by atoms with Crippen LogP contribution in [0.2, 0.25) is 5.02 Å². The monoisotopic (exact) mass is 307 g/mol. The number of carboxylic acid groups (broad SMARTS) is 1. The van der Waals surface area contributed by atoms with Crippen molar-refractivity contribution in [1.82, 2.24) is 0 Å². The third-order valence-corrected chi connectivity index (χ3v) is 2.72. The lowest BCUT2D eigenvalue weighted by Gasteiger charge is -2.08. The molecule has 0 heterocycles. The lowest BCUT2D eigenvalue weighted by molar-refractivity contribution is 0.0693. The van der Waals surface area contributed by atoms with E-state index in [-0.39, 0.29) is 17.0 Å². The lowest BCUT2D eigenvalue weighted by atomic mass is 10.2. The van der Waals surface area contributed by atoms with E-state index in [4.69, 9.17) is 21.4 Å². The molecule has 6 nitrogen and oxygen atoms in total. The molecule has 0 aliphatic carbocycles. The van der Waals surface area contributed by atoms with Gasteiger partial charge in [0.1, 0.15) is 17.1 Å². The Morgan fingerprint density at radius 1 is 1.14 bits per heavy atom. The highest BCUT2D eigenvalue weighted by Crippen LogP contribution is 2.22. The van der Waals surface area contributed by atoms with Gasteiger partial charge >= 0.3 is 12.1 Å². The van der Waals surface area contributed by atoms with Crippen molar-refractivity contribution in [2.45, 2.75) is 0 Å². The van der Waals surface area contributed by atoms with Crippen molar-refractivity contribution in [3.8, 4) is 11.5 Å². The number of rotatable bonds is 3. The second-order valence-electron chi connectivity index (χ2n) is 4.01. The van der Waals surface area contributed by atoms with Crippen molar-refractivity contribution in [2.75, 3.05) is 5.32 Å². The first-order valence-corrected chi connectivity index (χ1v) is 6.14. The molecule has 3 N–H and O–H groups in total. The van der Waals surface area contributed by atoms with Crippen LogP contribution in [-0.2, 0) is 0 Å². The van der Waals surface area contributed by atoms with E-state index in [9.17, 15) is 14.7 Å². The number of hydrogen-bond acceptors (Lipinski definition) is 4. The number of benzene rings is 2. The molecule has 2 rings (SSSR count). The van der Waals surface area contributed by atoms with Gasteiger partial charge in [0.25, 0.3) is 0 Å². The van der Waals surface area contributed by atoms with Crippen LogP contribution in [0.3, 0.4) is 0 Å². The summed E-state index contributed by atoms with van der Waals surface area (Å²) in [4.78, 5) is 22.4. The van der Waals surface area contributed by atoms with Crippen LogP contribution in [0.15, 0.2) is 42.5 Å². The predicted octanol–water partition coefficient (Wildman–Crippen LogP) is 3.35. The Kier molecular flexibility index (Phi) is 4.30. The molecule has 0 fully saturated rings. The van der Waals surface area contributed by atoms with Crippen LogP contribution in [0.4, 0.5) is 10.5 Å². The number of carboxylic acids is 1. The number of hydrogen-bond donors (Lipinski definition) is 3. The van der Waals surface area contributed by atoms with E-state index in [0.717, 1.165) is 6.07 Å². The highest BCUT2D eigenvalue weighted by atomic mass is 35.5. The number of aromatic hydroxyl groups is 1. The first-order chi connectivity index (χ1) is 9.95. The number of nitrogens with one attached hydrogen (secondary N) is 1. The maximum absolute atomic E-state index is 11.6. The fourth-order valence-corrected chi connectivity index (χ4v) is 1.75. The van der Waals surface area contributed by atoms with Crippen LogP contribution in [0, 0.1) is 0 Å². The van der Waals surface area contributed by atoms with Crippen LogP contribution in [0.25, 0.3) is 0 Å². The van der Waals surface area contributed by atoms with Crippen LogP contribution < -0.4 is 10.1 Å². The van der Waals surface area contributed by atoms with Crippen molar-refractivity contribution in [3.63, 3.8) is 0 Å². The van der Waals surface area contributed by atoms with E-state index in [0.29, 0.717) is 5.02 Å². The summed E-state index contributed by atoms with van der Waals surface area (Å²) in [5.74, 6) is -1.46. The maximum Gasteiger partial charge on any atom is 0.417 e. The third kappa shape index (κ3) is 3.87. The van der Waals surface area contributed by atoms with E-state index in [1.165, 1.54) is 18.2 Å². The van der Waals surface area contributed by atoms with Gasteiger partial charge in [-0.1, -0.05) is 17.7 Å². The summed E-state index contributed by atoms with van der Waals surface area (Å²) in [6.07, 6.45) is -0.792. The number of amides is 1. The van der Waals surface area contributed by atoms with Gasteiger partial charge in [-0.3, -0.25) is 5.32 Å². The zero-order valence-electron chi connectivity index (χ0n) is 10.5. The predicted molar refractivity (Wildman–Crippen MR) is 76.2 cm³/mol. The van der Waals surface area contributed by atoms with E-state index in [1.807, 2.05) is 0 Å². The molecule has 0 atom stereocenters. The topological polar surface area (TPSA) is 95.9 Å². The molecule has 0 aliphatic heterocycles. The molecule has 0 unspecified atom stereocenters. The number of aromatic carboxylic acids is 1. The standard InChI is InChI=1S/C14H10ClNO5/c15-8-2-1-3-10(6-8)21-14(20)16-9-4-5-11(13(18)19)12(17)7-9/h1-7,17H,(H,16,20)(H,18,19). The minimum absolute atomic E-state index is 0.199. The van der Waals surface area contributed by atoms with E-state index < -0.39 is 17.8 Å². The summed E-state index contributed by atoms with van der Waals surface area (Å²) >= 11 is 5.76. The summed E-state index contributed by atoms with van der Waals surface area (Å²) in [7, 11) is 0. The number of halogens is 1. The number of ether oxygens (including phenoxy) is 1. The van der Waals surface area contributed by atoms with Crippen molar-refractivity contribution in [1.29, 1.82) is 0 Å². The Balaban J connectivity index is 2.06. The van der Waals surface area contributed by atoms with Gasteiger partial charge in [0.2, 0.25) is 0 Å². The van der Waals surface area contributed by atoms with Gasteiger partial charge in [-0.05, 0) is 30.3 Å². The first kappa shape index (κ1) is 14.7. The van der Waals surface area contributed by atoms with Crippen LogP contribution in [0.5, 0.6) is 11.5 Å². The molecule has 0 saturated heterocycles. The zero-order chi connectivity index (χ0) is 15.4. The van der Waals surface area contributed by atoms with Crippen LogP contribution in [0.1, 0.15) is 10.4 Å². The fourth-order valence-electron chi connectivity index (χ4n) is 1.57.